The highest BCUT2D eigenvalue weighted by atomic mass is 127. The Kier molecular flexibility index (Phi) is 4.85. The minimum absolute atomic E-state index is 0.0274. The quantitative estimate of drug-likeness (QED) is 0.582. The number of carbonyl (C=O) groups is 1. The first kappa shape index (κ1) is 13.1. The van der Waals surface area contributed by atoms with Crippen molar-refractivity contribution in [2.75, 3.05) is 17.6 Å². The lowest BCUT2D eigenvalue weighted by atomic mass is 10.2. The fraction of sp³-hybridized carbons (Fsp3) is 0.364. The molecule has 1 atom stereocenters. The highest BCUT2D eigenvalue weighted by molar-refractivity contribution is 14.1. The average molecular weight is 333 g/mol. The van der Waals surface area contributed by atoms with E-state index in [2.05, 4.69) is 33.2 Å². The zero-order valence-corrected chi connectivity index (χ0v) is 11.5. The number of likely N-dealkylation sites (N-methyl/N-ethyl adjacent to an activating group) is 1. The molecule has 1 rings (SSSR count). The Hall–Kier alpha value is -0.980. The summed E-state index contributed by atoms with van der Waals surface area (Å²) in [5.74, 6) is -0.0274. The molecule has 88 valence electrons. The molecular formula is C11H16IN3O. The van der Waals surface area contributed by atoms with Gasteiger partial charge in [0.2, 0.25) is 5.91 Å². The minimum Gasteiger partial charge on any atom is -0.397 e. The van der Waals surface area contributed by atoms with Crippen LogP contribution in [0.2, 0.25) is 0 Å². The number of amides is 1. The standard InChI is InChI=1S/C11H16IN3O/c1-3-14-11(16)7(2)15-10-5-4-8(12)6-9(10)13/h4-7,15H,3,13H2,1-2H3,(H,14,16). The van der Waals surface area contributed by atoms with Crippen molar-refractivity contribution in [2.24, 2.45) is 0 Å². The maximum atomic E-state index is 11.5. The SMILES string of the molecule is CCNC(=O)C(C)Nc1ccc(I)cc1N. The van der Waals surface area contributed by atoms with Crippen LogP contribution in [-0.4, -0.2) is 18.5 Å². The van der Waals surface area contributed by atoms with E-state index >= 15 is 0 Å². The van der Waals surface area contributed by atoms with E-state index in [0.717, 1.165) is 9.26 Å². The number of nitrogens with one attached hydrogen (secondary N) is 2. The van der Waals surface area contributed by atoms with Crippen LogP contribution in [-0.2, 0) is 4.79 Å². The van der Waals surface area contributed by atoms with Gasteiger partial charge < -0.3 is 16.4 Å². The van der Waals surface area contributed by atoms with Gasteiger partial charge in [0.05, 0.1) is 11.4 Å². The minimum atomic E-state index is -0.290. The topological polar surface area (TPSA) is 67.2 Å². The molecule has 5 heteroatoms. The lowest BCUT2D eigenvalue weighted by Gasteiger charge is -2.16. The highest BCUT2D eigenvalue weighted by Gasteiger charge is 2.12. The second-order valence-corrected chi connectivity index (χ2v) is 4.74. The number of benzene rings is 1. The first-order valence-electron chi connectivity index (χ1n) is 5.14. The number of nitrogen functional groups attached to an aromatic ring is 1. The molecule has 0 spiro atoms. The predicted octanol–water partition coefficient (Wildman–Crippen LogP) is 1.81. The second kappa shape index (κ2) is 5.93. The molecule has 0 radical (unpaired) electrons. The van der Waals surface area contributed by atoms with E-state index in [1.165, 1.54) is 0 Å². The lowest BCUT2D eigenvalue weighted by Crippen LogP contribution is -2.37. The van der Waals surface area contributed by atoms with Crippen LogP contribution in [0.3, 0.4) is 0 Å². The largest absolute Gasteiger partial charge is 0.397 e. The Morgan fingerprint density at radius 3 is 2.81 bits per heavy atom. The van der Waals surface area contributed by atoms with Gasteiger partial charge in [0.1, 0.15) is 6.04 Å². The zero-order valence-electron chi connectivity index (χ0n) is 9.38. The summed E-state index contributed by atoms with van der Waals surface area (Å²) in [5.41, 5.74) is 7.29. The number of hydrogen-bond donors (Lipinski definition) is 3. The van der Waals surface area contributed by atoms with Crippen LogP contribution in [0.4, 0.5) is 11.4 Å². The zero-order chi connectivity index (χ0) is 12.1. The Morgan fingerprint density at radius 2 is 2.25 bits per heavy atom. The molecule has 0 aliphatic carbocycles. The molecule has 0 aliphatic heterocycles. The van der Waals surface area contributed by atoms with Gasteiger partial charge in [0, 0.05) is 10.1 Å². The summed E-state index contributed by atoms with van der Waals surface area (Å²) in [5, 5.41) is 5.83. The van der Waals surface area contributed by atoms with Crippen LogP contribution in [0, 0.1) is 3.57 Å². The number of nitrogens with two attached hydrogens (primary N) is 1. The number of hydrogen-bond acceptors (Lipinski definition) is 3. The van der Waals surface area contributed by atoms with E-state index in [9.17, 15) is 4.79 Å². The molecule has 0 saturated heterocycles. The van der Waals surface area contributed by atoms with Crippen LogP contribution < -0.4 is 16.4 Å². The Morgan fingerprint density at radius 1 is 1.56 bits per heavy atom. The second-order valence-electron chi connectivity index (χ2n) is 3.49. The molecule has 4 nitrogen and oxygen atoms in total. The summed E-state index contributed by atoms with van der Waals surface area (Å²) in [6, 6.07) is 5.41. The van der Waals surface area contributed by atoms with Crippen LogP contribution in [0.5, 0.6) is 0 Å². The molecule has 1 unspecified atom stereocenters. The first-order valence-corrected chi connectivity index (χ1v) is 6.21. The van der Waals surface area contributed by atoms with Crippen molar-refractivity contribution in [1.29, 1.82) is 0 Å². The lowest BCUT2D eigenvalue weighted by molar-refractivity contribution is -0.121. The fourth-order valence-corrected chi connectivity index (χ4v) is 1.81. The Bertz CT molecular complexity index is 381. The summed E-state index contributed by atoms with van der Waals surface area (Å²) < 4.78 is 1.08. The van der Waals surface area contributed by atoms with Crippen molar-refractivity contribution in [3.05, 3.63) is 21.8 Å². The molecule has 0 heterocycles. The number of rotatable bonds is 4. The Labute approximate surface area is 109 Å². The fourth-order valence-electron chi connectivity index (χ4n) is 1.29. The van der Waals surface area contributed by atoms with Crippen molar-refractivity contribution in [2.45, 2.75) is 19.9 Å². The predicted molar refractivity (Wildman–Crippen MR) is 75.3 cm³/mol. The van der Waals surface area contributed by atoms with E-state index in [1.807, 2.05) is 32.0 Å². The normalized spacial score (nSPS) is 11.9. The molecule has 0 saturated carbocycles. The summed E-state index contributed by atoms with van der Waals surface area (Å²) in [4.78, 5) is 11.5. The highest BCUT2D eigenvalue weighted by Crippen LogP contribution is 2.21. The molecule has 4 N–H and O–H groups in total. The Balaban J connectivity index is 2.69. The maximum absolute atomic E-state index is 11.5. The molecule has 0 fully saturated rings. The van der Waals surface area contributed by atoms with Crippen LogP contribution >= 0.6 is 22.6 Å². The van der Waals surface area contributed by atoms with Crippen LogP contribution in [0.15, 0.2) is 18.2 Å². The molecule has 0 aliphatic rings. The first-order chi connectivity index (χ1) is 7.54. The van der Waals surface area contributed by atoms with Crippen molar-refractivity contribution in [1.82, 2.24) is 5.32 Å². The smallest absolute Gasteiger partial charge is 0.242 e. The van der Waals surface area contributed by atoms with Gasteiger partial charge >= 0.3 is 0 Å². The van der Waals surface area contributed by atoms with Crippen molar-refractivity contribution in [3.63, 3.8) is 0 Å². The maximum Gasteiger partial charge on any atom is 0.242 e. The van der Waals surface area contributed by atoms with Gasteiger partial charge in [-0.3, -0.25) is 4.79 Å². The van der Waals surface area contributed by atoms with Gasteiger partial charge in [-0.25, -0.2) is 0 Å². The summed E-state index contributed by atoms with van der Waals surface area (Å²) in [6.07, 6.45) is 0. The van der Waals surface area contributed by atoms with Crippen molar-refractivity contribution in [3.8, 4) is 0 Å². The number of halogens is 1. The van der Waals surface area contributed by atoms with Crippen LogP contribution in [0.1, 0.15) is 13.8 Å². The van der Waals surface area contributed by atoms with Gasteiger partial charge in [0.15, 0.2) is 0 Å². The van der Waals surface area contributed by atoms with E-state index in [1.54, 1.807) is 0 Å². The van der Waals surface area contributed by atoms with Gasteiger partial charge in [0.25, 0.3) is 0 Å². The van der Waals surface area contributed by atoms with E-state index < -0.39 is 0 Å². The van der Waals surface area contributed by atoms with Crippen molar-refractivity contribution >= 4 is 39.9 Å². The summed E-state index contributed by atoms with van der Waals surface area (Å²) in [6.45, 7) is 4.33. The van der Waals surface area contributed by atoms with Gasteiger partial charge in [-0.1, -0.05) is 0 Å². The molecule has 16 heavy (non-hydrogen) atoms. The number of carbonyl (C=O) groups excluding carboxylic acids is 1. The van der Waals surface area contributed by atoms with Crippen LogP contribution in [0.25, 0.3) is 0 Å². The average Bonchev–Trinajstić information content (AvgIpc) is 2.22. The molecule has 0 bridgehead atoms. The molecule has 1 amide bonds. The van der Waals surface area contributed by atoms with E-state index in [-0.39, 0.29) is 11.9 Å². The molecule has 1 aromatic carbocycles. The monoisotopic (exact) mass is 333 g/mol. The third-order valence-electron chi connectivity index (χ3n) is 2.13. The molecule has 0 aromatic heterocycles. The van der Waals surface area contributed by atoms with Gasteiger partial charge in [-0.2, -0.15) is 0 Å². The number of anilines is 2. The molecule has 1 aromatic rings. The van der Waals surface area contributed by atoms with Gasteiger partial charge in [-0.05, 0) is 54.6 Å². The third-order valence-corrected chi connectivity index (χ3v) is 2.80. The summed E-state index contributed by atoms with van der Waals surface area (Å²) in [7, 11) is 0. The van der Waals surface area contributed by atoms with E-state index in [0.29, 0.717) is 12.2 Å². The van der Waals surface area contributed by atoms with Crippen molar-refractivity contribution < 1.29 is 4.79 Å². The van der Waals surface area contributed by atoms with Gasteiger partial charge in [-0.15, -0.1) is 0 Å². The summed E-state index contributed by atoms with van der Waals surface area (Å²) >= 11 is 2.20. The van der Waals surface area contributed by atoms with E-state index in [4.69, 9.17) is 5.73 Å². The third kappa shape index (κ3) is 3.55. The molecular weight excluding hydrogens is 317 g/mol.